The van der Waals surface area contributed by atoms with E-state index in [1.54, 1.807) is 6.92 Å². The molecule has 0 spiro atoms. The highest BCUT2D eigenvalue weighted by molar-refractivity contribution is 6.17. The highest BCUT2D eigenvalue weighted by Crippen LogP contribution is 2.40. The number of carbonyl (C=O) groups excluding carboxylic acids is 1. The summed E-state index contributed by atoms with van der Waals surface area (Å²) >= 11 is 0. The molecule has 0 aliphatic carbocycles. The molecule has 0 radical (unpaired) electrons. The van der Waals surface area contributed by atoms with Crippen LogP contribution >= 0.6 is 0 Å². The number of hydrogen-bond acceptors (Lipinski definition) is 2. The fourth-order valence-electron chi connectivity index (χ4n) is 2.93. The number of nitrogens with zero attached hydrogens (tertiary/aromatic N) is 1. The molecule has 2 aromatic carbocycles. The second-order valence-electron chi connectivity index (χ2n) is 6.22. The minimum absolute atomic E-state index is 0.178. The summed E-state index contributed by atoms with van der Waals surface area (Å²) in [5.74, 6) is 0.234. The number of rotatable bonds is 6. The Hall–Kier alpha value is -2.22. The predicted molar refractivity (Wildman–Crippen MR) is 90.5 cm³/mol. The molecule has 0 saturated carbocycles. The topological polar surface area (TPSA) is 29.4 Å². The molecule has 2 nitrogen and oxygen atoms in total. The maximum atomic E-state index is 11.4. The summed E-state index contributed by atoms with van der Waals surface area (Å²) < 4.78 is 0. The Bertz CT molecular complexity index is 700. The van der Waals surface area contributed by atoms with E-state index in [1.807, 2.05) is 18.2 Å². The Labute approximate surface area is 131 Å². The average molecular weight is 291 g/mol. The number of hydrogen-bond donors (Lipinski definition) is 0. The quantitative estimate of drug-likeness (QED) is 0.786. The van der Waals surface area contributed by atoms with E-state index >= 15 is 0 Å². The van der Waals surface area contributed by atoms with E-state index in [4.69, 9.17) is 4.99 Å². The molecule has 0 bridgehead atoms. The van der Waals surface area contributed by atoms with Crippen molar-refractivity contribution in [1.29, 1.82) is 0 Å². The van der Waals surface area contributed by atoms with E-state index in [1.165, 1.54) is 16.7 Å². The lowest BCUT2D eigenvalue weighted by Crippen LogP contribution is -2.24. The first-order valence-corrected chi connectivity index (χ1v) is 7.80. The zero-order valence-electron chi connectivity index (χ0n) is 13.2. The lowest BCUT2D eigenvalue weighted by Gasteiger charge is -2.15. The van der Waals surface area contributed by atoms with Crippen molar-refractivity contribution < 1.29 is 4.79 Å². The van der Waals surface area contributed by atoms with Crippen molar-refractivity contribution in [3.63, 3.8) is 0 Å². The molecular formula is C20H21NO. The number of carbonyl (C=O) groups is 1. The molecule has 0 aromatic heterocycles. The summed E-state index contributed by atoms with van der Waals surface area (Å²) in [6.07, 6.45) is 2.27. The van der Waals surface area contributed by atoms with E-state index in [-0.39, 0.29) is 11.3 Å². The molecule has 1 atom stereocenters. The third-order valence-corrected chi connectivity index (χ3v) is 4.27. The van der Waals surface area contributed by atoms with Crippen molar-refractivity contribution in [3.05, 3.63) is 71.3 Å². The highest BCUT2D eigenvalue weighted by atomic mass is 16.1. The Morgan fingerprint density at radius 3 is 2.36 bits per heavy atom. The molecular weight excluding hydrogens is 270 g/mol. The van der Waals surface area contributed by atoms with Crippen LogP contribution in [0.1, 0.15) is 36.5 Å². The van der Waals surface area contributed by atoms with Crippen LogP contribution in [0.4, 0.5) is 0 Å². The number of aryl methyl sites for hydroxylation is 1. The van der Waals surface area contributed by atoms with E-state index in [0.29, 0.717) is 6.42 Å². The van der Waals surface area contributed by atoms with Gasteiger partial charge in [-0.15, -0.1) is 0 Å². The molecule has 1 aliphatic rings. The molecule has 3 rings (SSSR count). The van der Waals surface area contributed by atoms with Crippen LogP contribution in [0.5, 0.6) is 0 Å². The molecule has 1 unspecified atom stereocenters. The van der Waals surface area contributed by atoms with Gasteiger partial charge in [0.15, 0.2) is 0 Å². The number of aliphatic imine (C=N–C) groups is 1. The normalized spacial score (nSPS) is 19.6. The largest absolute Gasteiger partial charge is 0.300 e. The van der Waals surface area contributed by atoms with Gasteiger partial charge in [0.05, 0.1) is 5.71 Å². The molecule has 1 heterocycles. The summed E-state index contributed by atoms with van der Waals surface area (Å²) in [6.45, 7) is 3.75. The molecule has 2 heteroatoms. The Morgan fingerprint density at radius 2 is 1.73 bits per heavy atom. The lowest BCUT2D eigenvalue weighted by atomic mass is 9.86. The average Bonchev–Trinajstić information content (AvgIpc) is 3.23. The van der Waals surface area contributed by atoms with Gasteiger partial charge in [-0.1, -0.05) is 60.2 Å². The van der Waals surface area contributed by atoms with Gasteiger partial charge < -0.3 is 4.79 Å². The van der Waals surface area contributed by atoms with Gasteiger partial charge in [0.25, 0.3) is 0 Å². The SMILES string of the molecule is CC(=O)CCC1(Cc2ccc(C)cc2)N=C1c1ccccc1. The molecule has 1 aliphatic heterocycles. The highest BCUT2D eigenvalue weighted by Gasteiger charge is 2.47. The lowest BCUT2D eigenvalue weighted by molar-refractivity contribution is -0.117. The maximum Gasteiger partial charge on any atom is 0.129 e. The van der Waals surface area contributed by atoms with Crippen molar-refractivity contribution in [1.82, 2.24) is 0 Å². The van der Waals surface area contributed by atoms with E-state index < -0.39 is 0 Å². The van der Waals surface area contributed by atoms with Gasteiger partial charge in [-0.3, -0.25) is 4.99 Å². The monoisotopic (exact) mass is 291 g/mol. The van der Waals surface area contributed by atoms with Gasteiger partial charge >= 0.3 is 0 Å². The van der Waals surface area contributed by atoms with Crippen molar-refractivity contribution >= 4 is 11.5 Å². The molecule has 22 heavy (non-hydrogen) atoms. The molecule has 0 saturated heterocycles. The summed E-state index contributed by atoms with van der Waals surface area (Å²) in [4.78, 5) is 16.2. The Balaban J connectivity index is 1.80. The second-order valence-corrected chi connectivity index (χ2v) is 6.22. The summed E-state index contributed by atoms with van der Waals surface area (Å²) in [6, 6.07) is 18.9. The predicted octanol–water partition coefficient (Wildman–Crippen LogP) is 4.15. The first-order chi connectivity index (χ1) is 10.6. The fourth-order valence-corrected chi connectivity index (χ4v) is 2.93. The van der Waals surface area contributed by atoms with Crippen LogP contribution in [-0.4, -0.2) is 17.0 Å². The molecule has 0 fully saturated rings. The number of Topliss-reactive ketones (excluding diaryl/α,β-unsaturated/α-hetero) is 1. The van der Waals surface area contributed by atoms with E-state index in [0.717, 1.165) is 18.6 Å². The number of ketones is 1. The van der Waals surface area contributed by atoms with Crippen LogP contribution in [0.3, 0.4) is 0 Å². The van der Waals surface area contributed by atoms with Crippen LogP contribution < -0.4 is 0 Å². The van der Waals surface area contributed by atoms with Gasteiger partial charge in [0, 0.05) is 12.8 Å². The van der Waals surface area contributed by atoms with Crippen molar-refractivity contribution in [2.24, 2.45) is 4.99 Å². The van der Waals surface area contributed by atoms with Gasteiger partial charge in [-0.05, 0) is 31.4 Å². The zero-order valence-corrected chi connectivity index (χ0v) is 13.2. The molecule has 0 amide bonds. The first-order valence-electron chi connectivity index (χ1n) is 7.80. The Kier molecular flexibility index (Phi) is 3.93. The van der Waals surface area contributed by atoms with Gasteiger partial charge in [-0.2, -0.15) is 0 Å². The van der Waals surface area contributed by atoms with Crippen LogP contribution in [-0.2, 0) is 11.2 Å². The van der Waals surface area contributed by atoms with Crippen molar-refractivity contribution in [2.45, 2.75) is 38.6 Å². The standard InChI is InChI=1S/C20H21NO/c1-15-8-10-17(11-9-15)14-20(13-12-16(2)22)19(21-20)18-6-4-3-5-7-18/h3-11H,12-14H2,1-2H3. The molecule has 112 valence electrons. The minimum atomic E-state index is -0.178. The zero-order chi connectivity index (χ0) is 15.6. The third-order valence-electron chi connectivity index (χ3n) is 4.27. The van der Waals surface area contributed by atoms with Crippen molar-refractivity contribution in [2.75, 3.05) is 0 Å². The first kappa shape index (κ1) is 14.7. The van der Waals surface area contributed by atoms with E-state index in [2.05, 4.69) is 43.3 Å². The van der Waals surface area contributed by atoms with Crippen LogP contribution in [0.15, 0.2) is 59.6 Å². The van der Waals surface area contributed by atoms with Gasteiger partial charge in [0.1, 0.15) is 11.3 Å². The smallest absolute Gasteiger partial charge is 0.129 e. The van der Waals surface area contributed by atoms with E-state index in [9.17, 15) is 4.79 Å². The van der Waals surface area contributed by atoms with Crippen LogP contribution in [0, 0.1) is 6.92 Å². The summed E-state index contributed by atoms with van der Waals surface area (Å²) in [5.41, 5.74) is 4.70. The molecule has 2 aromatic rings. The fraction of sp³-hybridized carbons (Fsp3) is 0.300. The second kappa shape index (κ2) is 5.88. The van der Waals surface area contributed by atoms with Crippen LogP contribution in [0.2, 0.25) is 0 Å². The summed E-state index contributed by atoms with van der Waals surface area (Å²) in [5, 5.41) is 0. The summed E-state index contributed by atoms with van der Waals surface area (Å²) in [7, 11) is 0. The number of benzene rings is 2. The third kappa shape index (κ3) is 3.16. The molecule has 0 N–H and O–H groups in total. The Morgan fingerprint density at radius 1 is 1.05 bits per heavy atom. The van der Waals surface area contributed by atoms with Gasteiger partial charge in [0.2, 0.25) is 0 Å². The minimum Gasteiger partial charge on any atom is -0.300 e. The van der Waals surface area contributed by atoms with Gasteiger partial charge in [-0.25, -0.2) is 0 Å². The van der Waals surface area contributed by atoms with Crippen LogP contribution in [0.25, 0.3) is 0 Å². The maximum absolute atomic E-state index is 11.4. The van der Waals surface area contributed by atoms with Crippen molar-refractivity contribution in [3.8, 4) is 0 Å².